The zero-order valence-corrected chi connectivity index (χ0v) is 34.5. The van der Waals surface area contributed by atoms with Crippen LogP contribution in [-0.4, -0.2) is 0 Å². The number of allylic oxidation sites excluding steroid dienone is 16. The maximum absolute atomic E-state index is 5.60. The predicted octanol–water partition coefficient (Wildman–Crippen LogP) is 15.4. The van der Waals surface area contributed by atoms with Crippen LogP contribution in [0, 0.1) is 41.9 Å². The first-order valence-corrected chi connectivity index (χ1v) is 19.6. The molecule has 2 aromatic carbocycles. The van der Waals surface area contributed by atoms with Crippen LogP contribution in [0.25, 0.3) is 11.1 Å². The molecule has 0 saturated carbocycles. The molecule has 0 heteroatoms. The minimum atomic E-state index is -0.0556. The first-order valence-electron chi connectivity index (χ1n) is 19.6. The molecule has 2 aliphatic rings. The van der Waals surface area contributed by atoms with Crippen molar-refractivity contribution in [2.45, 2.75) is 115 Å². The molecule has 0 fully saturated rings. The molecule has 4 rings (SSSR count). The molecule has 0 bridgehead atoms. The maximum Gasteiger partial charge on any atom is 0.0151 e. The van der Waals surface area contributed by atoms with Gasteiger partial charge in [-0.1, -0.05) is 176 Å². The maximum atomic E-state index is 5.60. The van der Waals surface area contributed by atoms with Gasteiger partial charge in [-0.25, -0.2) is 0 Å². The summed E-state index contributed by atoms with van der Waals surface area (Å²) in [5.41, 5.74) is 12.6. The molecule has 276 valence electrons. The summed E-state index contributed by atoms with van der Waals surface area (Å²) in [6.45, 7) is 23.9. The highest BCUT2D eigenvalue weighted by Crippen LogP contribution is 2.49. The van der Waals surface area contributed by atoms with Crippen molar-refractivity contribution in [1.29, 1.82) is 0 Å². The first-order chi connectivity index (χ1) is 25.1. The Morgan fingerprint density at radius 3 is 2.06 bits per heavy atom. The SMILES string of the molecule is C#C/C=C\C1=C(\C(C)CC)C/C=C\C2=C(C(C)=CCC2CC=CCC)C1(C)C.C#CC.C/C=C(\C=C(/CC)c1ccccc1)c1ccccc1.CC. The molecule has 52 heavy (non-hydrogen) atoms. The van der Waals surface area contributed by atoms with E-state index in [1.807, 2.05) is 19.9 Å². The Balaban J connectivity index is 0.000000488. The number of hydrogen-bond donors (Lipinski definition) is 0. The Bertz CT molecular complexity index is 1670. The highest BCUT2D eigenvalue weighted by molar-refractivity contribution is 5.83. The van der Waals surface area contributed by atoms with Crippen molar-refractivity contribution in [1.82, 2.24) is 0 Å². The van der Waals surface area contributed by atoms with E-state index < -0.39 is 0 Å². The van der Waals surface area contributed by atoms with E-state index in [0.717, 1.165) is 38.5 Å². The molecule has 0 N–H and O–H groups in total. The molecule has 0 amide bonds. The molecule has 0 nitrogen and oxygen atoms in total. The third-order valence-electron chi connectivity index (χ3n) is 9.76. The van der Waals surface area contributed by atoms with Gasteiger partial charge in [-0.15, -0.1) is 18.8 Å². The topological polar surface area (TPSA) is 0 Å². The zero-order chi connectivity index (χ0) is 38.9. The van der Waals surface area contributed by atoms with Crippen molar-refractivity contribution in [2.75, 3.05) is 0 Å². The first kappa shape index (κ1) is 45.5. The Hall–Kier alpha value is -4.52. The van der Waals surface area contributed by atoms with Gasteiger partial charge in [0.25, 0.3) is 0 Å². The number of rotatable bonds is 10. The average Bonchev–Trinajstić information content (AvgIpc) is 3.16. The summed E-state index contributed by atoms with van der Waals surface area (Å²) >= 11 is 0. The van der Waals surface area contributed by atoms with E-state index >= 15 is 0 Å². The molecule has 0 radical (unpaired) electrons. The molecule has 0 aromatic heterocycles. The van der Waals surface area contributed by atoms with Crippen molar-refractivity contribution in [3.8, 4) is 24.7 Å². The molecule has 0 saturated heterocycles. The summed E-state index contributed by atoms with van der Waals surface area (Å²) in [5.74, 6) is 6.09. The number of benzene rings is 2. The van der Waals surface area contributed by atoms with Gasteiger partial charge in [-0.2, -0.15) is 0 Å². The van der Waals surface area contributed by atoms with Gasteiger partial charge < -0.3 is 0 Å². The lowest BCUT2D eigenvalue weighted by atomic mass is 9.64. The van der Waals surface area contributed by atoms with Crippen LogP contribution in [0.1, 0.15) is 126 Å². The molecule has 0 spiro atoms. The smallest absolute Gasteiger partial charge is 0.0151 e. The van der Waals surface area contributed by atoms with Crippen molar-refractivity contribution in [3.05, 3.63) is 154 Å². The van der Waals surface area contributed by atoms with E-state index in [9.17, 15) is 0 Å². The fourth-order valence-corrected chi connectivity index (χ4v) is 7.02. The van der Waals surface area contributed by atoms with Crippen molar-refractivity contribution in [2.24, 2.45) is 17.3 Å². The lowest BCUT2D eigenvalue weighted by Gasteiger charge is -2.40. The van der Waals surface area contributed by atoms with Gasteiger partial charge in [0.2, 0.25) is 0 Å². The molecule has 0 heterocycles. The highest BCUT2D eigenvalue weighted by Gasteiger charge is 2.36. The normalized spacial score (nSPS) is 19.5. The van der Waals surface area contributed by atoms with Gasteiger partial charge in [0.1, 0.15) is 0 Å². The van der Waals surface area contributed by atoms with Gasteiger partial charge in [-0.3, -0.25) is 0 Å². The molecule has 2 unspecified atom stereocenters. The molecule has 2 atom stereocenters. The van der Waals surface area contributed by atoms with E-state index in [1.54, 1.807) is 6.92 Å². The van der Waals surface area contributed by atoms with Crippen LogP contribution in [0.4, 0.5) is 0 Å². The van der Waals surface area contributed by atoms with Gasteiger partial charge in [0.15, 0.2) is 0 Å². The summed E-state index contributed by atoms with van der Waals surface area (Å²) < 4.78 is 0. The van der Waals surface area contributed by atoms with Crippen LogP contribution in [-0.2, 0) is 0 Å². The van der Waals surface area contributed by atoms with E-state index in [1.165, 1.54) is 50.1 Å². The summed E-state index contributed by atoms with van der Waals surface area (Å²) in [7, 11) is 0. The summed E-state index contributed by atoms with van der Waals surface area (Å²) in [4.78, 5) is 0. The Morgan fingerprint density at radius 2 is 1.54 bits per heavy atom. The quantitative estimate of drug-likeness (QED) is 0.132. The Kier molecular flexibility index (Phi) is 22.3. The minimum Gasteiger partial charge on any atom is -0.120 e. The second-order valence-corrected chi connectivity index (χ2v) is 13.5. The van der Waals surface area contributed by atoms with Crippen LogP contribution >= 0.6 is 0 Å². The predicted molar refractivity (Wildman–Crippen MR) is 236 cm³/mol. The fourth-order valence-electron chi connectivity index (χ4n) is 7.02. The van der Waals surface area contributed by atoms with Crippen molar-refractivity contribution < 1.29 is 0 Å². The second kappa shape index (κ2) is 25.4. The molecule has 2 aromatic rings. The van der Waals surface area contributed by atoms with Crippen molar-refractivity contribution >= 4 is 11.1 Å². The van der Waals surface area contributed by atoms with E-state index in [0.29, 0.717) is 11.8 Å². The van der Waals surface area contributed by atoms with Gasteiger partial charge >= 0.3 is 0 Å². The average molecular weight is 693 g/mol. The van der Waals surface area contributed by atoms with Crippen LogP contribution in [0.2, 0.25) is 0 Å². The lowest BCUT2D eigenvalue weighted by molar-refractivity contribution is 0.499. The van der Waals surface area contributed by atoms with Gasteiger partial charge in [0.05, 0.1) is 0 Å². The third-order valence-corrected chi connectivity index (χ3v) is 9.76. The van der Waals surface area contributed by atoms with Gasteiger partial charge in [-0.05, 0) is 122 Å². The third kappa shape index (κ3) is 13.6. The molecular formula is C52H68. The monoisotopic (exact) mass is 693 g/mol. The van der Waals surface area contributed by atoms with Crippen molar-refractivity contribution in [3.63, 3.8) is 0 Å². The largest absolute Gasteiger partial charge is 0.120 e. The van der Waals surface area contributed by atoms with E-state index in [-0.39, 0.29) is 5.41 Å². The standard InChI is InChI=1S/C28H38.C19H20.C3H4.C2H6/c1-8-11-13-15-23-20-19-22(5)27-25(23)17-14-16-24(21(4)10-3)26(18-12-9-2)28(27,6)7;1-3-16(18-11-7-5-8-12-18)15-17(4-2)19-13-9-6-10-14-19;1-3-2;1-2/h2,11-14,17-19,21,23H,8,10,15-16,20H2,1,3-7H3;3,5-15H,4H2,1-2H3;1H,2H3;1-2H3/b13-11?,17-14-,18-12-,26-24-;16-3+,17-15+;;. The highest BCUT2D eigenvalue weighted by atomic mass is 14.4. The number of terminal acetylenes is 2. The molecule has 2 aliphatic carbocycles. The van der Waals surface area contributed by atoms with E-state index in [2.05, 4.69) is 183 Å². The zero-order valence-electron chi connectivity index (χ0n) is 34.5. The van der Waals surface area contributed by atoms with E-state index in [4.69, 9.17) is 6.42 Å². The van der Waals surface area contributed by atoms with Crippen LogP contribution in [0.5, 0.6) is 0 Å². The lowest BCUT2D eigenvalue weighted by Crippen LogP contribution is -2.26. The molecule has 0 aliphatic heterocycles. The summed E-state index contributed by atoms with van der Waals surface area (Å²) in [6.07, 6.45) is 37.3. The van der Waals surface area contributed by atoms with Crippen LogP contribution in [0.3, 0.4) is 0 Å². The summed E-state index contributed by atoms with van der Waals surface area (Å²) in [5, 5.41) is 0. The molecular weight excluding hydrogens is 625 g/mol. The minimum absolute atomic E-state index is 0.0556. The Labute approximate surface area is 321 Å². The number of hydrogen-bond acceptors (Lipinski definition) is 0. The summed E-state index contributed by atoms with van der Waals surface area (Å²) in [6, 6.07) is 21.1. The van der Waals surface area contributed by atoms with Crippen LogP contribution in [0.15, 0.2) is 143 Å². The van der Waals surface area contributed by atoms with Crippen LogP contribution < -0.4 is 0 Å². The Morgan fingerprint density at radius 1 is 0.942 bits per heavy atom. The van der Waals surface area contributed by atoms with Gasteiger partial charge in [0, 0.05) is 5.41 Å². The fraction of sp³-hybridized carbons (Fsp3) is 0.385. The second-order valence-electron chi connectivity index (χ2n) is 13.5.